The van der Waals surface area contributed by atoms with Gasteiger partial charge in [0.05, 0.1) is 35.0 Å². The van der Waals surface area contributed by atoms with Crippen molar-refractivity contribution < 1.29 is 9.53 Å². The molecular formula is C25H18IN3O3. The first-order valence-corrected chi connectivity index (χ1v) is 11.0. The summed E-state index contributed by atoms with van der Waals surface area (Å²) in [7, 11) is 3.32. The van der Waals surface area contributed by atoms with Crippen molar-refractivity contribution in [2.24, 2.45) is 0 Å². The Hall–Kier alpha value is -3.46. The van der Waals surface area contributed by atoms with Crippen molar-refractivity contribution in [3.05, 3.63) is 92.0 Å². The lowest BCUT2D eigenvalue weighted by Crippen LogP contribution is -2.23. The smallest absolute Gasteiger partial charge is 0.266 e. The molecule has 0 atom stereocenters. The number of carbonyl (C=O) groups excluding carboxylic acids is 1. The first kappa shape index (κ1) is 20.4. The van der Waals surface area contributed by atoms with E-state index in [0.717, 1.165) is 14.8 Å². The number of rotatable bonds is 3. The molecule has 4 aromatic rings. The van der Waals surface area contributed by atoms with Gasteiger partial charge < -0.3 is 9.64 Å². The minimum absolute atomic E-state index is 0.139. The zero-order valence-electron chi connectivity index (χ0n) is 17.4. The van der Waals surface area contributed by atoms with Crippen LogP contribution < -0.4 is 15.2 Å². The number of fused-ring (bicyclic) bond motifs is 2. The van der Waals surface area contributed by atoms with E-state index in [1.165, 1.54) is 4.57 Å². The Morgan fingerprint density at radius 3 is 2.62 bits per heavy atom. The number of ether oxygens (including phenoxy) is 1. The quantitative estimate of drug-likeness (QED) is 0.286. The maximum absolute atomic E-state index is 13.6. The summed E-state index contributed by atoms with van der Waals surface area (Å²) in [5, 5.41) is 0.511. The molecule has 0 aliphatic carbocycles. The van der Waals surface area contributed by atoms with Crippen LogP contribution >= 0.6 is 22.6 Å². The highest BCUT2D eigenvalue weighted by atomic mass is 127. The van der Waals surface area contributed by atoms with Gasteiger partial charge >= 0.3 is 0 Å². The van der Waals surface area contributed by atoms with Gasteiger partial charge in [-0.25, -0.2) is 4.98 Å². The minimum atomic E-state index is -0.208. The second-order valence-electron chi connectivity index (χ2n) is 7.41. The molecule has 1 aliphatic heterocycles. The molecule has 32 heavy (non-hydrogen) atoms. The van der Waals surface area contributed by atoms with E-state index in [1.807, 2.05) is 60.7 Å². The summed E-state index contributed by atoms with van der Waals surface area (Å²) in [6.07, 6.45) is 1.70. The van der Waals surface area contributed by atoms with Crippen molar-refractivity contribution in [1.29, 1.82) is 0 Å². The molecule has 0 radical (unpaired) electrons. The minimum Gasteiger partial charge on any atom is -0.497 e. The van der Waals surface area contributed by atoms with Gasteiger partial charge in [-0.3, -0.25) is 14.2 Å². The number of hydrogen-bond donors (Lipinski definition) is 0. The number of carbonyl (C=O) groups is 1. The molecule has 0 unspecified atom stereocenters. The van der Waals surface area contributed by atoms with E-state index in [9.17, 15) is 9.59 Å². The second kappa shape index (κ2) is 7.90. The van der Waals surface area contributed by atoms with Gasteiger partial charge in [0.1, 0.15) is 11.6 Å². The summed E-state index contributed by atoms with van der Waals surface area (Å²) in [6.45, 7) is 0. The van der Waals surface area contributed by atoms with Crippen molar-refractivity contribution in [3.63, 3.8) is 0 Å². The fourth-order valence-corrected chi connectivity index (χ4v) is 4.43. The predicted octanol–water partition coefficient (Wildman–Crippen LogP) is 4.52. The van der Waals surface area contributed by atoms with Crippen LogP contribution in [0.3, 0.4) is 0 Å². The van der Waals surface area contributed by atoms with Crippen molar-refractivity contribution in [1.82, 2.24) is 9.55 Å². The molecule has 1 aromatic heterocycles. The van der Waals surface area contributed by atoms with Gasteiger partial charge in [-0.05, 0) is 65.1 Å². The van der Waals surface area contributed by atoms with Gasteiger partial charge in [-0.15, -0.1) is 0 Å². The van der Waals surface area contributed by atoms with Crippen LogP contribution in [0.5, 0.6) is 5.75 Å². The zero-order chi connectivity index (χ0) is 22.4. The average molecular weight is 535 g/mol. The van der Waals surface area contributed by atoms with Crippen LogP contribution in [0.2, 0.25) is 0 Å². The number of anilines is 1. The Morgan fingerprint density at radius 2 is 1.81 bits per heavy atom. The number of para-hydroxylation sites is 1. The Balaban J connectivity index is 1.83. The fraction of sp³-hybridized carbons (Fsp3) is 0.0800. The van der Waals surface area contributed by atoms with Crippen LogP contribution in [0.25, 0.3) is 28.2 Å². The number of likely N-dealkylation sites (N-methyl/N-ethyl adjacent to an activating group) is 1. The second-order valence-corrected chi connectivity index (χ2v) is 8.66. The summed E-state index contributed by atoms with van der Waals surface area (Å²) in [6, 6.07) is 20.4. The number of aromatic nitrogens is 2. The van der Waals surface area contributed by atoms with E-state index < -0.39 is 0 Å². The van der Waals surface area contributed by atoms with E-state index in [0.29, 0.717) is 33.7 Å². The lowest BCUT2D eigenvalue weighted by Gasteiger charge is -2.13. The highest BCUT2D eigenvalue weighted by molar-refractivity contribution is 14.1. The molecule has 0 N–H and O–H groups in total. The lowest BCUT2D eigenvalue weighted by molar-refractivity contribution is -0.112. The number of methoxy groups -OCH3 is 1. The van der Waals surface area contributed by atoms with Crippen molar-refractivity contribution in [2.45, 2.75) is 0 Å². The van der Waals surface area contributed by atoms with Gasteiger partial charge in [0, 0.05) is 22.2 Å². The Labute approximate surface area is 197 Å². The average Bonchev–Trinajstić information content (AvgIpc) is 3.05. The number of halogens is 1. The van der Waals surface area contributed by atoms with Gasteiger partial charge in [-0.2, -0.15) is 0 Å². The molecule has 0 saturated carbocycles. The monoisotopic (exact) mass is 535 g/mol. The van der Waals surface area contributed by atoms with Crippen LogP contribution in [0.15, 0.2) is 71.5 Å². The fourth-order valence-electron chi connectivity index (χ4n) is 3.94. The lowest BCUT2D eigenvalue weighted by atomic mass is 10.1. The van der Waals surface area contributed by atoms with Crippen LogP contribution in [0, 0.1) is 3.57 Å². The molecule has 7 heteroatoms. The maximum Gasteiger partial charge on any atom is 0.266 e. The molecular weight excluding hydrogens is 517 g/mol. The predicted molar refractivity (Wildman–Crippen MR) is 134 cm³/mol. The van der Waals surface area contributed by atoms with Crippen LogP contribution in [0.1, 0.15) is 11.4 Å². The third-order valence-corrected chi connectivity index (χ3v) is 6.20. The standard InChI is InChI=1S/C25H18IN3O3/c1-28-22-9-4-3-8-18(22)19(24(28)30)14-23-27-21-11-10-15(26)12-20(21)25(31)29(23)16-6-5-7-17(13-16)32-2/h3-14H,1-2H3. The van der Waals surface area contributed by atoms with Gasteiger partial charge in [0.25, 0.3) is 11.5 Å². The number of hydrogen-bond acceptors (Lipinski definition) is 4. The summed E-state index contributed by atoms with van der Waals surface area (Å²) in [5.74, 6) is 0.864. The number of nitrogens with zero attached hydrogens (tertiary/aromatic N) is 3. The zero-order valence-corrected chi connectivity index (χ0v) is 19.5. The van der Waals surface area contributed by atoms with Gasteiger partial charge in [0.15, 0.2) is 0 Å². The summed E-state index contributed by atoms with van der Waals surface area (Å²) < 4.78 is 7.83. The van der Waals surface area contributed by atoms with Gasteiger partial charge in [0.2, 0.25) is 0 Å². The van der Waals surface area contributed by atoms with Gasteiger partial charge in [-0.1, -0.05) is 24.3 Å². The number of amides is 1. The normalized spacial score (nSPS) is 14.3. The Kier molecular flexibility index (Phi) is 5.05. The molecule has 2 heterocycles. The molecule has 6 nitrogen and oxygen atoms in total. The molecule has 0 fully saturated rings. The van der Waals surface area contributed by atoms with E-state index in [2.05, 4.69) is 22.6 Å². The van der Waals surface area contributed by atoms with Crippen LogP contribution in [-0.2, 0) is 4.79 Å². The van der Waals surface area contributed by atoms with E-state index in [-0.39, 0.29) is 11.5 Å². The van der Waals surface area contributed by atoms with Crippen molar-refractivity contribution in [3.8, 4) is 11.4 Å². The van der Waals surface area contributed by atoms with E-state index in [1.54, 1.807) is 31.2 Å². The van der Waals surface area contributed by atoms with Crippen molar-refractivity contribution >= 4 is 56.7 Å². The molecule has 0 bridgehead atoms. The highest BCUT2D eigenvalue weighted by Gasteiger charge is 2.29. The Bertz CT molecular complexity index is 1490. The first-order chi connectivity index (χ1) is 15.5. The third-order valence-electron chi connectivity index (χ3n) is 5.53. The van der Waals surface area contributed by atoms with E-state index >= 15 is 0 Å². The SMILES string of the molecule is COc1cccc(-n2c(C=C3C(=O)N(C)c4ccccc43)nc3ccc(I)cc3c2=O)c1. The van der Waals surface area contributed by atoms with Crippen LogP contribution in [-0.4, -0.2) is 29.6 Å². The van der Waals surface area contributed by atoms with Crippen LogP contribution in [0.4, 0.5) is 5.69 Å². The largest absolute Gasteiger partial charge is 0.497 e. The molecule has 1 amide bonds. The first-order valence-electron chi connectivity index (χ1n) is 9.94. The maximum atomic E-state index is 13.6. The summed E-state index contributed by atoms with van der Waals surface area (Å²) >= 11 is 2.18. The molecule has 1 aliphatic rings. The third kappa shape index (κ3) is 3.29. The highest BCUT2D eigenvalue weighted by Crippen LogP contribution is 2.36. The van der Waals surface area contributed by atoms with Crippen molar-refractivity contribution in [2.75, 3.05) is 19.1 Å². The summed E-state index contributed by atoms with van der Waals surface area (Å²) in [4.78, 5) is 33.0. The molecule has 3 aromatic carbocycles. The molecule has 0 spiro atoms. The molecule has 158 valence electrons. The molecule has 5 rings (SSSR count). The molecule has 0 saturated heterocycles. The Morgan fingerprint density at radius 1 is 1.00 bits per heavy atom. The topological polar surface area (TPSA) is 64.4 Å². The number of benzene rings is 3. The summed E-state index contributed by atoms with van der Waals surface area (Å²) in [5.41, 5.74) is 3.12. The van der Waals surface area contributed by atoms with E-state index in [4.69, 9.17) is 9.72 Å².